The molecule has 0 atom stereocenters. The smallest absolute Gasteiger partial charge is 0.266 e. The molecule has 0 saturated carbocycles. The zero-order valence-corrected chi connectivity index (χ0v) is 20.2. The van der Waals surface area contributed by atoms with E-state index < -0.39 is 0 Å². The first kappa shape index (κ1) is 24.7. The maximum absolute atomic E-state index is 13.0. The predicted molar refractivity (Wildman–Crippen MR) is 129 cm³/mol. The Morgan fingerprint density at radius 1 is 1.10 bits per heavy atom. The van der Waals surface area contributed by atoms with Gasteiger partial charge in [-0.05, 0) is 75.9 Å². The summed E-state index contributed by atoms with van der Waals surface area (Å²) in [7, 11) is 4.03. The molecule has 0 aliphatic carbocycles. The summed E-state index contributed by atoms with van der Waals surface area (Å²) >= 11 is 13.6. The first-order valence-corrected chi connectivity index (χ1v) is 10.8. The molecule has 0 spiro atoms. The van der Waals surface area contributed by atoms with Crippen LogP contribution in [-0.4, -0.2) is 49.6 Å². The van der Waals surface area contributed by atoms with Gasteiger partial charge in [-0.2, -0.15) is 0 Å². The summed E-state index contributed by atoms with van der Waals surface area (Å²) in [5.74, 6) is 0.462. The van der Waals surface area contributed by atoms with Crippen LogP contribution < -0.4 is 9.64 Å². The van der Waals surface area contributed by atoms with Gasteiger partial charge in [0.05, 0.1) is 10.2 Å². The van der Waals surface area contributed by atoms with Gasteiger partial charge in [0.2, 0.25) is 0 Å². The van der Waals surface area contributed by atoms with E-state index in [-0.39, 0.29) is 24.9 Å². The van der Waals surface area contributed by atoms with Crippen LogP contribution >= 0.6 is 46.9 Å². The Hall–Kier alpha value is -1.57. The number of halogens is 3. The van der Waals surface area contributed by atoms with Crippen LogP contribution in [-0.2, 0) is 4.79 Å². The van der Waals surface area contributed by atoms with Crippen LogP contribution in [0.4, 0.5) is 5.13 Å². The van der Waals surface area contributed by atoms with Crippen molar-refractivity contribution in [2.24, 2.45) is 0 Å². The van der Waals surface area contributed by atoms with Gasteiger partial charge in [0, 0.05) is 16.6 Å². The number of anilines is 1. The number of nitrogens with zero attached hydrogens (tertiary/aromatic N) is 3. The summed E-state index contributed by atoms with van der Waals surface area (Å²) in [6.07, 6.45) is 0.829. The van der Waals surface area contributed by atoms with Gasteiger partial charge in [0.1, 0.15) is 5.75 Å². The largest absolute Gasteiger partial charge is 0.484 e. The van der Waals surface area contributed by atoms with Gasteiger partial charge in [0.15, 0.2) is 11.7 Å². The van der Waals surface area contributed by atoms with E-state index in [0.717, 1.165) is 28.7 Å². The molecule has 0 saturated heterocycles. The van der Waals surface area contributed by atoms with E-state index in [9.17, 15) is 4.79 Å². The zero-order chi connectivity index (χ0) is 21.0. The molecule has 5 nitrogen and oxygen atoms in total. The third-order valence-electron chi connectivity index (χ3n) is 4.33. The lowest BCUT2D eigenvalue weighted by molar-refractivity contribution is -0.120. The molecule has 0 radical (unpaired) electrons. The molecular formula is C21H24Cl3N3O2S. The molecule has 0 N–H and O–H groups in total. The second-order valence-corrected chi connectivity index (χ2v) is 8.89. The fourth-order valence-corrected chi connectivity index (χ4v) is 4.47. The SMILES string of the molecule is Cc1cc(Cl)cc2sc(N(CCCN(C)C)C(=O)COc3ccc(Cl)cc3)nc12.Cl. The number of aromatic nitrogens is 1. The predicted octanol–water partition coefficient (Wildman–Crippen LogP) is 5.70. The monoisotopic (exact) mass is 487 g/mol. The summed E-state index contributed by atoms with van der Waals surface area (Å²) in [6.45, 7) is 3.34. The highest BCUT2D eigenvalue weighted by atomic mass is 35.5. The lowest BCUT2D eigenvalue weighted by atomic mass is 10.2. The van der Waals surface area contributed by atoms with Crippen molar-refractivity contribution in [1.82, 2.24) is 9.88 Å². The summed E-state index contributed by atoms with van der Waals surface area (Å²) in [5.41, 5.74) is 1.87. The number of carbonyl (C=O) groups excluding carboxylic acids is 1. The van der Waals surface area contributed by atoms with Crippen molar-refractivity contribution in [2.45, 2.75) is 13.3 Å². The minimum atomic E-state index is -0.137. The Bertz CT molecular complexity index is 993. The molecule has 0 fully saturated rings. The van der Waals surface area contributed by atoms with E-state index in [4.69, 9.17) is 32.9 Å². The molecule has 1 amide bonds. The van der Waals surface area contributed by atoms with Gasteiger partial charge in [-0.25, -0.2) is 4.98 Å². The molecule has 0 unspecified atom stereocenters. The molecule has 162 valence electrons. The summed E-state index contributed by atoms with van der Waals surface area (Å²) < 4.78 is 6.63. The van der Waals surface area contributed by atoms with Gasteiger partial charge in [-0.15, -0.1) is 12.4 Å². The molecule has 0 aliphatic heterocycles. The first-order chi connectivity index (χ1) is 13.8. The van der Waals surface area contributed by atoms with Gasteiger partial charge in [-0.1, -0.05) is 34.5 Å². The minimum absolute atomic E-state index is 0. The average Bonchev–Trinajstić information content (AvgIpc) is 3.08. The fraction of sp³-hybridized carbons (Fsp3) is 0.333. The maximum Gasteiger partial charge on any atom is 0.266 e. The Balaban J connectivity index is 0.00000320. The Morgan fingerprint density at radius 3 is 2.47 bits per heavy atom. The Kier molecular flexibility index (Phi) is 9.19. The second kappa shape index (κ2) is 11.2. The molecule has 30 heavy (non-hydrogen) atoms. The highest BCUT2D eigenvalue weighted by molar-refractivity contribution is 7.22. The second-order valence-electron chi connectivity index (χ2n) is 7.01. The molecule has 0 bridgehead atoms. The van der Waals surface area contributed by atoms with Gasteiger partial charge in [0.25, 0.3) is 5.91 Å². The Morgan fingerprint density at radius 2 is 1.80 bits per heavy atom. The number of aryl methyl sites for hydroxylation is 1. The van der Waals surface area contributed by atoms with Crippen molar-refractivity contribution in [3.8, 4) is 5.75 Å². The number of thiazole rings is 1. The Labute approximate surface area is 197 Å². The van der Waals surface area contributed by atoms with Gasteiger partial charge < -0.3 is 9.64 Å². The topological polar surface area (TPSA) is 45.7 Å². The number of rotatable bonds is 8. The number of hydrogen-bond acceptors (Lipinski definition) is 5. The van der Waals surface area contributed by atoms with Gasteiger partial charge >= 0.3 is 0 Å². The van der Waals surface area contributed by atoms with Crippen LogP contribution in [0.1, 0.15) is 12.0 Å². The molecule has 3 aromatic rings. The summed E-state index contributed by atoms with van der Waals surface area (Å²) in [4.78, 5) is 21.5. The van der Waals surface area contributed by atoms with Crippen molar-refractivity contribution in [1.29, 1.82) is 0 Å². The lowest BCUT2D eigenvalue weighted by Crippen LogP contribution is -2.36. The quantitative estimate of drug-likeness (QED) is 0.408. The fourth-order valence-electron chi connectivity index (χ4n) is 2.88. The highest BCUT2D eigenvalue weighted by Gasteiger charge is 2.21. The number of ether oxygens (including phenoxy) is 1. The normalized spacial score (nSPS) is 10.9. The van der Waals surface area contributed by atoms with Crippen molar-refractivity contribution < 1.29 is 9.53 Å². The summed E-state index contributed by atoms with van der Waals surface area (Å²) in [5, 5.41) is 1.95. The number of fused-ring (bicyclic) bond motifs is 1. The van der Waals surface area contributed by atoms with Crippen LogP contribution in [0.15, 0.2) is 36.4 Å². The average molecular weight is 489 g/mol. The molecule has 2 aromatic carbocycles. The maximum atomic E-state index is 13.0. The third kappa shape index (κ3) is 6.46. The lowest BCUT2D eigenvalue weighted by Gasteiger charge is -2.21. The van der Waals surface area contributed by atoms with E-state index in [2.05, 4.69) is 4.90 Å². The summed E-state index contributed by atoms with van der Waals surface area (Å²) in [6, 6.07) is 10.7. The molecule has 1 aromatic heterocycles. The van der Waals surface area contributed by atoms with E-state index in [1.54, 1.807) is 29.2 Å². The van der Waals surface area contributed by atoms with Crippen LogP contribution in [0.25, 0.3) is 10.2 Å². The number of benzene rings is 2. The highest BCUT2D eigenvalue weighted by Crippen LogP contribution is 2.33. The van der Waals surface area contributed by atoms with Crippen molar-refractivity contribution in [2.75, 3.05) is 38.7 Å². The molecule has 0 aliphatic rings. The molecule has 3 rings (SSSR count). The van der Waals surface area contributed by atoms with Crippen LogP contribution in [0.5, 0.6) is 5.75 Å². The van der Waals surface area contributed by atoms with Crippen molar-refractivity contribution >= 4 is 68.2 Å². The zero-order valence-electron chi connectivity index (χ0n) is 17.0. The van der Waals surface area contributed by atoms with Crippen LogP contribution in [0.3, 0.4) is 0 Å². The van der Waals surface area contributed by atoms with E-state index in [1.807, 2.05) is 33.2 Å². The minimum Gasteiger partial charge on any atom is -0.484 e. The molecular weight excluding hydrogens is 465 g/mol. The number of hydrogen-bond donors (Lipinski definition) is 0. The molecule has 9 heteroatoms. The number of carbonyl (C=O) groups is 1. The van der Waals surface area contributed by atoms with Crippen LogP contribution in [0.2, 0.25) is 10.0 Å². The van der Waals surface area contributed by atoms with Crippen molar-refractivity contribution in [3.05, 3.63) is 52.0 Å². The van der Waals surface area contributed by atoms with E-state index >= 15 is 0 Å². The first-order valence-electron chi connectivity index (χ1n) is 9.23. The third-order valence-corrected chi connectivity index (χ3v) is 5.83. The van der Waals surface area contributed by atoms with E-state index in [1.165, 1.54) is 11.3 Å². The molecule has 1 heterocycles. The van der Waals surface area contributed by atoms with Crippen LogP contribution in [0, 0.1) is 6.92 Å². The van der Waals surface area contributed by atoms with Crippen molar-refractivity contribution in [3.63, 3.8) is 0 Å². The van der Waals surface area contributed by atoms with E-state index in [0.29, 0.717) is 27.5 Å². The van der Waals surface area contributed by atoms with Gasteiger partial charge in [-0.3, -0.25) is 9.69 Å². The standard InChI is InChI=1S/C21H23Cl2N3O2S.ClH/c1-14-11-16(23)12-18-20(14)24-21(29-18)26(10-4-9-25(2)3)19(27)13-28-17-7-5-15(22)6-8-17;/h5-8,11-12H,4,9-10,13H2,1-3H3;1H. The number of amides is 1.